The van der Waals surface area contributed by atoms with Crippen LogP contribution in [0.3, 0.4) is 0 Å². The Morgan fingerprint density at radius 1 is 1.10 bits per heavy atom. The summed E-state index contributed by atoms with van der Waals surface area (Å²) in [4.78, 5) is 14.1. The number of nitrogens with zero attached hydrogens (tertiary/aromatic N) is 5. The summed E-state index contributed by atoms with van der Waals surface area (Å²) in [5.41, 5.74) is 3.48. The standard InChI is InChI=1S/C20H24N6O3S/c27-30(28)10-3-20(30)12-26(13-20)16-11-17(25-6-8-29-9-7-25)23-18-14(16)1-4-21-19(18)15-2-5-22-24-15/h1-2,4-5,11,27-28H,3,6-10,12-13H2,(H,22,24). The van der Waals surface area contributed by atoms with Crippen LogP contribution in [0.2, 0.25) is 0 Å². The van der Waals surface area contributed by atoms with Crippen molar-refractivity contribution in [2.45, 2.75) is 11.2 Å². The molecule has 3 aromatic heterocycles. The van der Waals surface area contributed by atoms with Gasteiger partial charge in [-0.05, 0) is 18.6 Å². The van der Waals surface area contributed by atoms with E-state index in [0.717, 1.165) is 53.3 Å². The van der Waals surface area contributed by atoms with Gasteiger partial charge in [-0.25, -0.2) is 4.98 Å². The molecule has 30 heavy (non-hydrogen) atoms. The molecule has 0 aromatic carbocycles. The average Bonchev–Trinajstić information content (AvgIpc) is 3.27. The highest BCUT2D eigenvalue weighted by Gasteiger charge is 2.59. The molecule has 6 heterocycles. The second kappa shape index (κ2) is 6.55. The van der Waals surface area contributed by atoms with Crippen molar-refractivity contribution in [1.82, 2.24) is 20.2 Å². The SMILES string of the molecule is OS1(O)CCC12CN(c1cc(N3CCOCC3)nc3c(-c4ccn[nH]4)nccc13)C2. The number of H-pyrrole nitrogens is 1. The number of hydrogen-bond donors (Lipinski definition) is 3. The molecule has 10 heteroatoms. The minimum absolute atomic E-state index is 0.332. The summed E-state index contributed by atoms with van der Waals surface area (Å²) in [7, 11) is -2.46. The number of pyridine rings is 2. The molecular formula is C20H24N6O3S. The van der Waals surface area contributed by atoms with E-state index in [0.29, 0.717) is 32.1 Å². The van der Waals surface area contributed by atoms with Crippen molar-refractivity contribution in [3.05, 3.63) is 30.6 Å². The molecule has 3 aliphatic rings. The smallest absolute Gasteiger partial charge is 0.131 e. The predicted molar refractivity (Wildman–Crippen MR) is 117 cm³/mol. The van der Waals surface area contributed by atoms with Gasteiger partial charge in [-0.1, -0.05) is 0 Å². The van der Waals surface area contributed by atoms with E-state index in [4.69, 9.17) is 9.72 Å². The lowest BCUT2D eigenvalue weighted by Gasteiger charge is -2.67. The number of fused-ring (bicyclic) bond motifs is 1. The van der Waals surface area contributed by atoms with Crippen LogP contribution < -0.4 is 9.80 Å². The third-order valence-corrected chi connectivity index (χ3v) is 9.24. The van der Waals surface area contributed by atoms with E-state index in [-0.39, 0.29) is 4.75 Å². The van der Waals surface area contributed by atoms with Crippen molar-refractivity contribution in [1.29, 1.82) is 0 Å². The molecule has 1 spiro atoms. The van der Waals surface area contributed by atoms with Crippen LogP contribution in [0.1, 0.15) is 6.42 Å². The topological polar surface area (TPSA) is 111 Å². The Kier molecular flexibility index (Phi) is 4.01. The number of aromatic nitrogens is 4. The molecule has 6 rings (SSSR count). The van der Waals surface area contributed by atoms with Crippen LogP contribution >= 0.6 is 10.6 Å². The maximum atomic E-state index is 10.3. The summed E-state index contributed by atoms with van der Waals surface area (Å²) >= 11 is 0. The normalized spacial score (nSPS) is 23.3. The predicted octanol–water partition coefficient (Wildman–Crippen LogP) is 2.57. The fourth-order valence-corrected chi connectivity index (χ4v) is 6.55. The molecular weight excluding hydrogens is 404 g/mol. The minimum Gasteiger partial charge on any atom is -0.378 e. The number of rotatable bonds is 3. The first kappa shape index (κ1) is 18.4. The van der Waals surface area contributed by atoms with Crippen LogP contribution in [0, 0.1) is 0 Å². The van der Waals surface area contributed by atoms with Gasteiger partial charge in [-0.2, -0.15) is 15.7 Å². The highest BCUT2D eigenvalue weighted by Crippen LogP contribution is 2.67. The van der Waals surface area contributed by atoms with Gasteiger partial charge in [0.05, 0.1) is 29.3 Å². The van der Waals surface area contributed by atoms with Crippen molar-refractivity contribution >= 4 is 33.0 Å². The zero-order valence-electron chi connectivity index (χ0n) is 16.5. The molecule has 3 N–H and O–H groups in total. The van der Waals surface area contributed by atoms with Gasteiger partial charge >= 0.3 is 0 Å². The Hall–Kier alpha value is -2.40. The third-order valence-electron chi connectivity index (χ3n) is 6.62. The van der Waals surface area contributed by atoms with Gasteiger partial charge in [-0.3, -0.25) is 19.2 Å². The summed E-state index contributed by atoms with van der Waals surface area (Å²) in [6.07, 6.45) is 4.39. The lowest BCUT2D eigenvalue weighted by molar-refractivity contribution is 0.122. The molecule has 3 saturated heterocycles. The molecule has 3 aromatic rings. The number of ether oxygens (including phenoxy) is 1. The molecule has 0 amide bonds. The average molecular weight is 429 g/mol. The third kappa shape index (κ3) is 2.64. The molecule has 3 aliphatic heterocycles. The summed E-state index contributed by atoms with van der Waals surface area (Å²) in [5, 5.41) is 8.09. The first-order chi connectivity index (χ1) is 14.6. The second-order valence-electron chi connectivity index (χ2n) is 8.29. The van der Waals surface area contributed by atoms with Gasteiger partial charge < -0.3 is 14.5 Å². The van der Waals surface area contributed by atoms with Gasteiger partial charge in [0.2, 0.25) is 0 Å². The van der Waals surface area contributed by atoms with Crippen molar-refractivity contribution < 1.29 is 13.8 Å². The maximum Gasteiger partial charge on any atom is 0.131 e. The Morgan fingerprint density at radius 2 is 1.93 bits per heavy atom. The number of hydrogen-bond acceptors (Lipinski definition) is 8. The van der Waals surface area contributed by atoms with Crippen LogP contribution in [0.25, 0.3) is 22.3 Å². The fourth-order valence-electron chi connectivity index (χ4n) is 4.68. The second-order valence-corrected chi connectivity index (χ2v) is 10.9. The Bertz CT molecular complexity index is 1090. The van der Waals surface area contributed by atoms with Crippen LogP contribution in [0.15, 0.2) is 30.6 Å². The molecule has 0 radical (unpaired) electrons. The molecule has 9 nitrogen and oxygen atoms in total. The van der Waals surface area contributed by atoms with E-state index in [1.165, 1.54) is 0 Å². The number of aromatic amines is 1. The highest BCUT2D eigenvalue weighted by molar-refractivity contribution is 8.26. The fraction of sp³-hybridized carbons (Fsp3) is 0.450. The minimum atomic E-state index is -2.46. The molecule has 0 atom stereocenters. The van der Waals surface area contributed by atoms with Crippen LogP contribution in [-0.2, 0) is 4.74 Å². The van der Waals surface area contributed by atoms with Gasteiger partial charge in [0, 0.05) is 55.8 Å². The number of anilines is 2. The van der Waals surface area contributed by atoms with Crippen molar-refractivity contribution in [2.24, 2.45) is 0 Å². The molecule has 0 unspecified atom stereocenters. The van der Waals surface area contributed by atoms with E-state index in [1.807, 2.05) is 12.1 Å². The lowest BCUT2D eigenvalue weighted by Crippen LogP contribution is -2.69. The molecule has 3 fully saturated rings. The van der Waals surface area contributed by atoms with Crippen molar-refractivity contribution in [2.75, 3.05) is 54.9 Å². The van der Waals surface area contributed by atoms with E-state index >= 15 is 0 Å². The van der Waals surface area contributed by atoms with E-state index in [9.17, 15) is 9.11 Å². The van der Waals surface area contributed by atoms with E-state index in [2.05, 4.69) is 31.0 Å². The first-order valence-electron chi connectivity index (χ1n) is 10.2. The molecule has 0 aliphatic carbocycles. The number of morpholine rings is 1. The molecule has 0 saturated carbocycles. The Morgan fingerprint density at radius 3 is 2.60 bits per heavy atom. The molecule has 158 valence electrons. The Balaban J connectivity index is 1.47. The maximum absolute atomic E-state index is 10.3. The zero-order valence-corrected chi connectivity index (χ0v) is 17.3. The quantitative estimate of drug-likeness (QED) is 0.584. The van der Waals surface area contributed by atoms with Crippen LogP contribution in [0.4, 0.5) is 11.5 Å². The van der Waals surface area contributed by atoms with Crippen molar-refractivity contribution in [3.63, 3.8) is 0 Å². The summed E-state index contributed by atoms with van der Waals surface area (Å²) in [6.45, 7) is 4.29. The largest absolute Gasteiger partial charge is 0.378 e. The van der Waals surface area contributed by atoms with E-state index in [1.54, 1.807) is 12.4 Å². The van der Waals surface area contributed by atoms with Crippen molar-refractivity contribution in [3.8, 4) is 11.4 Å². The monoisotopic (exact) mass is 428 g/mol. The summed E-state index contributed by atoms with van der Waals surface area (Å²) < 4.78 is 25.9. The van der Waals surface area contributed by atoms with Gasteiger partial charge in [0.15, 0.2) is 0 Å². The lowest BCUT2D eigenvalue weighted by atomic mass is 9.93. The van der Waals surface area contributed by atoms with Gasteiger partial charge in [-0.15, -0.1) is 0 Å². The number of nitrogens with one attached hydrogen (secondary N) is 1. The van der Waals surface area contributed by atoms with Gasteiger partial charge in [0.25, 0.3) is 0 Å². The zero-order chi connectivity index (χ0) is 20.3. The van der Waals surface area contributed by atoms with Gasteiger partial charge in [0.1, 0.15) is 17.0 Å². The summed E-state index contributed by atoms with van der Waals surface area (Å²) in [5.74, 6) is 1.43. The first-order valence-corrected chi connectivity index (χ1v) is 11.9. The summed E-state index contributed by atoms with van der Waals surface area (Å²) in [6, 6.07) is 6.01. The van der Waals surface area contributed by atoms with Crippen LogP contribution in [-0.4, -0.2) is 79.2 Å². The highest BCUT2D eigenvalue weighted by atomic mass is 32.3. The van der Waals surface area contributed by atoms with Crippen LogP contribution in [0.5, 0.6) is 0 Å². The molecule has 0 bridgehead atoms. The Labute approximate surface area is 175 Å². The van der Waals surface area contributed by atoms with E-state index < -0.39 is 10.6 Å².